The van der Waals surface area contributed by atoms with E-state index in [4.69, 9.17) is 32.2 Å². The van der Waals surface area contributed by atoms with Crippen LogP contribution in [-0.4, -0.2) is 41.1 Å². The number of halogens is 1. The number of nitrogens with zero attached hydrogens (tertiary/aromatic N) is 1. The summed E-state index contributed by atoms with van der Waals surface area (Å²) in [6.07, 6.45) is 2.29. The smallest absolute Gasteiger partial charge is 0.250 e. The lowest BCUT2D eigenvalue weighted by atomic mass is 9.85. The third kappa shape index (κ3) is 4.20. The van der Waals surface area contributed by atoms with Gasteiger partial charge in [0.15, 0.2) is 0 Å². The predicted octanol–water partition coefficient (Wildman–Crippen LogP) is 4.27. The fourth-order valence-electron chi connectivity index (χ4n) is 4.23. The van der Waals surface area contributed by atoms with Crippen molar-refractivity contribution in [1.82, 2.24) is 4.98 Å². The number of nitrogens with two attached hydrogens (primary N) is 1. The monoisotopic (exact) mass is 491 g/mol. The molecule has 0 saturated carbocycles. The summed E-state index contributed by atoms with van der Waals surface area (Å²) in [5.41, 5.74) is 5.79. The first-order valence-electron chi connectivity index (χ1n) is 11.0. The Kier molecular flexibility index (Phi) is 5.88. The molecule has 0 unspecified atom stereocenters. The Balaban J connectivity index is 1.46. The van der Waals surface area contributed by atoms with Crippen molar-refractivity contribution < 1.29 is 19.1 Å². The fraction of sp³-hybridized carbons (Fsp3) is 0.200. The number of fused-ring (bicyclic) bond motifs is 1. The van der Waals surface area contributed by atoms with Crippen molar-refractivity contribution in [1.29, 1.82) is 5.41 Å². The minimum Gasteiger partial charge on any atom is -0.457 e. The second kappa shape index (κ2) is 9.01. The van der Waals surface area contributed by atoms with E-state index in [2.05, 4.69) is 15.6 Å². The van der Waals surface area contributed by atoms with Crippen LogP contribution in [0.5, 0.6) is 11.5 Å². The van der Waals surface area contributed by atoms with Crippen molar-refractivity contribution in [2.75, 3.05) is 29.6 Å². The summed E-state index contributed by atoms with van der Waals surface area (Å²) in [5, 5.41) is 14.9. The number of nitrogen functional groups attached to an aromatic ring is 1. The number of hydrogen-bond acceptors (Lipinski definition) is 8. The molecule has 5 rings (SSSR count). The number of ketones is 1. The summed E-state index contributed by atoms with van der Waals surface area (Å²) in [5.74, 6) is 0.227. The normalized spacial score (nSPS) is 16.1. The Hall–Kier alpha value is -3.95. The zero-order valence-electron chi connectivity index (χ0n) is 18.6. The quantitative estimate of drug-likeness (QED) is 0.308. The van der Waals surface area contributed by atoms with E-state index in [0.29, 0.717) is 48.9 Å². The number of rotatable bonds is 5. The van der Waals surface area contributed by atoms with Gasteiger partial charge in [-0.2, -0.15) is 0 Å². The molecule has 3 heterocycles. The topological polar surface area (TPSA) is 139 Å². The minimum atomic E-state index is -0.912. The van der Waals surface area contributed by atoms with E-state index in [0.717, 1.165) is 0 Å². The Morgan fingerprint density at radius 3 is 2.60 bits per heavy atom. The molecule has 5 N–H and O–H groups in total. The number of amides is 1. The van der Waals surface area contributed by atoms with E-state index in [9.17, 15) is 9.59 Å². The standard InChI is InChI=1S/C25H22ClN5O4/c26-17-12-15(35-14-4-2-1-3-5-14)6-7-16(17)22(32)20(27)19-21-18(13-29-23(19)28)30-24(33)25(31-21)8-10-34-11-9-25/h1-7,12-13,27,31H,8-11H2,(H2,28,29)(H,30,33). The van der Waals surface area contributed by atoms with Gasteiger partial charge in [0.1, 0.15) is 28.6 Å². The predicted molar refractivity (Wildman–Crippen MR) is 133 cm³/mol. The summed E-state index contributed by atoms with van der Waals surface area (Å²) in [6, 6.07) is 13.8. The largest absolute Gasteiger partial charge is 0.457 e. The molecule has 0 atom stereocenters. The van der Waals surface area contributed by atoms with E-state index in [1.54, 1.807) is 18.2 Å². The lowest BCUT2D eigenvalue weighted by Crippen LogP contribution is -2.56. The van der Waals surface area contributed by atoms with Gasteiger partial charge in [0.2, 0.25) is 11.7 Å². The molecule has 35 heavy (non-hydrogen) atoms. The molecule has 1 aromatic heterocycles. The van der Waals surface area contributed by atoms with Gasteiger partial charge in [-0.1, -0.05) is 29.8 Å². The number of para-hydroxylation sites is 1. The first-order valence-corrected chi connectivity index (χ1v) is 11.4. The summed E-state index contributed by atoms with van der Waals surface area (Å²) in [7, 11) is 0. The fourth-order valence-corrected chi connectivity index (χ4v) is 4.49. The Labute approximate surface area is 206 Å². The molecule has 2 aliphatic heterocycles. The van der Waals surface area contributed by atoms with Crippen LogP contribution in [0.1, 0.15) is 28.8 Å². The highest BCUT2D eigenvalue weighted by molar-refractivity contribution is 6.54. The summed E-state index contributed by atoms with van der Waals surface area (Å²) >= 11 is 6.41. The van der Waals surface area contributed by atoms with E-state index in [1.807, 2.05) is 18.2 Å². The third-order valence-corrected chi connectivity index (χ3v) is 6.46. The number of ether oxygens (including phenoxy) is 2. The van der Waals surface area contributed by atoms with Crippen molar-refractivity contribution in [3.05, 3.63) is 70.9 Å². The second-order valence-electron chi connectivity index (χ2n) is 8.34. The Morgan fingerprint density at radius 2 is 1.89 bits per heavy atom. The summed E-state index contributed by atoms with van der Waals surface area (Å²) < 4.78 is 11.2. The molecule has 0 bridgehead atoms. The third-order valence-electron chi connectivity index (χ3n) is 6.14. The highest BCUT2D eigenvalue weighted by atomic mass is 35.5. The van der Waals surface area contributed by atoms with Crippen LogP contribution in [0.2, 0.25) is 5.02 Å². The maximum Gasteiger partial charge on any atom is 0.250 e. The highest BCUT2D eigenvalue weighted by Gasteiger charge is 2.45. The summed E-state index contributed by atoms with van der Waals surface area (Å²) in [4.78, 5) is 30.3. The molecule has 9 nitrogen and oxygen atoms in total. The van der Waals surface area contributed by atoms with Crippen LogP contribution >= 0.6 is 11.6 Å². The molecule has 0 radical (unpaired) electrons. The van der Waals surface area contributed by atoms with Crippen LogP contribution in [0.15, 0.2) is 54.7 Å². The van der Waals surface area contributed by atoms with Gasteiger partial charge in [0.05, 0.1) is 28.2 Å². The molecular formula is C25H22ClN5O4. The SMILES string of the molecule is N=C(C(=O)c1ccc(Oc2ccccc2)cc1Cl)c1c(N)ncc2c1NC1(CCOCC1)C(=O)N2. The number of aromatic nitrogens is 1. The van der Waals surface area contributed by atoms with Crippen LogP contribution in [0, 0.1) is 5.41 Å². The van der Waals surface area contributed by atoms with Crippen molar-refractivity contribution in [3.8, 4) is 11.5 Å². The molecule has 1 amide bonds. The van der Waals surface area contributed by atoms with Crippen LogP contribution in [0.3, 0.4) is 0 Å². The average Bonchev–Trinajstić information content (AvgIpc) is 2.86. The molecule has 1 fully saturated rings. The van der Waals surface area contributed by atoms with Gasteiger partial charge < -0.3 is 25.8 Å². The van der Waals surface area contributed by atoms with Gasteiger partial charge in [-0.15, -0.1) is 0 Å². The number of pyridine rings is 1. The number of Topliss-reactive ketones (excluding diaryl/α,β-unsaturated/α-hetero) is 1. The van der Waals surface area contributed by atoms with Crippen molar-refractivity contribution in [2.45, 2.75) is 18.4 Å². The number of anilines is 3. The molecule has 1 spiro atoms. The van der Waals surface area contributed by atoms with Gasteiger partial charge in [-0.25, -0.2) is 4.98 Å². The van der Waals surface area contributed by atoms with Crippen LogP contribution in [0.25, 0.3) is 0 Å². The van der Waals surface area contributed by atoms with Gasteiger partial charge in [-0.3, -0.25) is 15.0 Å². The van der Waals surface area contributed by atoms with Crippen molar-refractivity contribution >= 4 is 46.2 Å². The van der Waals surface area contributed by atoms with Gasteiger partial charge in [-0.05, 0) is 24.3 Å². The Bertz CT molecular complexity index is 1340. The lowest BCUT2D eigenvalue weighted by molar-refractivity contribution is -0.123. The second-order valence-corrected chi connectivity index (χ2v) is 8.75. The number of nitrogens with one attached hydrogen (secondary N) is 3. The molecule has 10 heteroatoms. The molecule has 1 saturated heterocycles. The number of carbonyl (C=O) groups excluding carboxylic acids is 2. The van der Waals surface area contributed by atoms with E-state index in [-0.39, 0.29) is 27.9 Å². The van der Waals surface area contributed by atoms with E-state index < -0.39 is 17.0 Å². The minimum absolute atomic E-state index is 0.00638. The maximum absolute atomic E-state index is 13.3. The summed E-state index contributed by atoms with van der Waals surface area (Å²) in [6.45, 7) is 0.823. The zero-order valence-corrected chi connectivity index (χ0v) is 19.3. The number of hydrogen-bond donors (Lipinski definition) is 4. The van der Waals surface area contributed by atoms with Crippen LogP contribution in [0.4, 0.5) is 17.2 Å². The van der Waals surface area contributed by atoms with E-state index in [1.165, 1.54) is 18.3 Å². The molecular weight excluding hydrogens is 470 g/mol. The first-order chi connectivity index (χ1) is 16.9. The molecule has 2 aromatic carbocycles. The van der Waals surface area contributed by atoms with Gasteiger partial charge in [0.25, 0.3) is 0 Å². The molecule has 0 aliphatic carbocycles. The lowest BCUT2D eigenvalue weighted by Gasteiger charge is -2.41. The number of carbonyl (C=O) groups is 2. The van der Waals surface area contributed by atoms with Crippen molar-refractivity contribution in [2.24, 2.45) is 0 Å². The molecule has 178 valence electrons. The van der Waals surface area contributed by atoms with Crippen LogP contribution < -0.4 is 21.1 Å². The zero-order chi connectivity index (χ0) is 24.6. The van der Waals surface area contributed by atoms with E-state index >= 15 is 0 Å². The highest BCUT2D eigenvalue weighted by Crippen LogP contribution is 2.40. The van der Waals surface area contributed by atoms with Crippen LogP contribution in [-0.2, 0) is 9.53 Å². The van der Waals surface area contributed by atoms with Gasteiger partial charge >= 0.3 is 0 Å². The Morgan fingerprint density at radius 1 is 1.14 bits per heavy atom. The van der Waals surface area contributed by atoms with Gasteiger partial charge in [0, 0.05) is 37.7 Å². The number of benzene rings is 2. The first kappa shape index (κ1) is 22.8. The average molecular weight is 492 g/mol. The molecule has 2 aliphatic rings. The molecule has 3 aromatic rings. The van der Waals surface area contributed by atoms with Crippen molar-refractivity contribution in [3.63, 3.8) is 0 Å². The maximum atomic E-state index is 13.3.